The molecule has 2 aromatic carbocycles. The van der Waals surface area contributed by atoms with E-state index in [1.54, 1.807) is 0 Å². The highest BCUT2D eigenvalue weighted by atomic mass is 19.4. The lowest BCUT2D eigenvalue weighted by Crippen LogP contribution is -2.57. The Hall–Kier alpha value is -2.61. The van der Waals surface area contributed by atoms with E-state index in [0.29, 0.717) is 11.5 Å². The second kappa shape index (κ2) is 8.73. The Bertz CT molecular complexity index is 935. The molecule has 1 N–H and O–H groups in total. The first-order valence-electron chi connectivity index (χ1n) is 10.8. The van der Waals surface area contributed by atoms with E-state index in [9.17, 15) is 23.1 Å². The topological polar surface area (TPSA) is 55.4 Å². The van der Waals surface area contributed by atoms with Gasteiger partial charge in [0.25, 0.3) is 0 Å². The highest BCUT2D eigenvalue weighted by Gasteiger charge is 2.44. The molecular weight excluding hydrogens is 424 g/mol. The van der Waals surface area contributed by atoms with Gasteiger partial charge in [-0.15, -0.1) is 0 Å². The van der Waals surface area contributed by atoms with Crippen molar-refractivity contribution in [3.8, 4) is 0 Å². The minimum atomic E-state index is -4.44. The molecule has 2 fully saturated rings. The molecular formula is C24H25F4N2O2-. The predicted molar refractivity (Wildman–Crippen MR) is 110 cm³/mol. The van der Waals surface area contributed by atoms with Gasteiger partial charge in [-0.1, -0.05) is 42.5 Å². The molecule has 0 spiro atoms. The zero-order valence-electron chi connectivity index (χ0n) is 17.4. The summed E-state index contributed by atoms with van der Waals surface area (Å²) < 4.78 is 54.0. The molecule has 0 bridgehead atoms. The quantitative estimate of drug-likeness (QED) is 0.681. The standard InChI is InChI=1S/C24H26F4N2O2/c25-23(15-29-21-13-20(21)17-4-2-1-3-5-17)10-11-30(22(31)32)19(14-23)12-16-6-8-18(9-7-16)24(26,27)28/h1-9,19-21,29H,10-15H2,(H,31,32)/p-1/t19?,20-,21+,23?/m0/s1. The lowest BCUT2D eigenvalue weighted by atomic mass is 9.85. The van der Waals surface area contributed by atoms with Crippen LogP contribution in [0.2, 0.25) is 0 Å². The average Bonchev–Trinajstić information content (AvgIpc) is 3.53. The van der Waals surface area contributed by atoms with Crippen molar-refractivity contribution in [3.63, 3.8) is 0 Å². The number of alkyl halides is 4. The van der Waals surface area contributed by atoms with E-state index in [2.05, 4.69) is 17.4 Å². The van der Waals surface area contributed by atoms with Crippen LogP contribution in [0.5, 0.6) is 0 Å². The Labute approximate surface area is 184 Å². The second-order valence-electron chi connectivity index (χ2n) is 8.86. The van der Waals surface area contributed by atoms with Crippen LogP contribution in [0, 0.1) is 0 Å². The third-order valence-corrected chi connectivity index (χ3v) is 6.53. The first kappa shape index (κ1) is 22.6. The van der Waals surface area contributed by atoms with E-state index in [1.165, 1.54) is 17.7 Å². The molecule has 1 saturated carbocycles. The van der Waals surface area contributed by atoms with E-state index in [-0.39, 0.29) is 38.4 Å². The first-order chi connectivity index (χ1) is 15.1. The first-order valence-corrected chi connectivity index (χ1v) is 10.8. The molecule has 0 aromatic heterocycles. The smallest absolute Gasteiger partial charge is 0.416 e. The lowest BCUT2D eigenvalue weighted by Gasteiger charge is -2.44. The highest BCUT2D eigenvalue weighted by Crippen LogP contribution is 2.41. The van der Waals surface area contributed by atoms with Crippen LogP contribution in [-0.2, 0) is 12.6 Å². The van der Waals surface area contributed by atoms with Gasteiger partial charge in [-0.3, -0.25) is 0 Å². The number of hydrogen-bond acceptors (Lipinski definition) is 3. The van der Waals surface area contributed by atoms with Crippen molar-refractivity contribution in [1.29, 1.82) is 0 Å². The monoisotopic (exact) mass is 449 g/mol. The van der Waals surface area contributed by atoms with Gasteiger partial charge < -0.3 is 20.1 Å². The van der Waals surface area contributed by atoms with Crippen LogP contribution in [0.25, 0.3) is 0 Å². The fraction of sp³-hybridized carbons (Fsp3) is 0.458. The fourth-order valence-corrected chi connectivity index (χ4v) is 4.63. The number of halogens is 4. The van der Waals surface area contributed by atoms with Crippen molar-refractivity contribution in [2.24, 2.45) is 0 Å². The summed E-state index contributed by atoms with van der Waals surface area (Å²) in [6, 6.07) is 14.1. The fourth-order valence-electron chi connectivity index (χ4n) is 4.63. The highest BCUT2D eigenvalue weighted by molar-refractivity contribution is 5.63. The maximum atomic E-state index is 15.6. The minimum Gasteiger partial charge on any atom is -0.530 e. The molecule has 32 heavy (non-hydrogen) atoms. The summed E-state index contributed by atoms with van der Waals surface area (Å²) in [4.78, 5) is 12.7. The van der Waals surface area contributed by atoms with Gasteiger partial charge in [0.2, 0.25) is 0 Å². The van der Waals surface area contributed by atoms with Crippen LogP contribution >= 0.6 is 0 Å². The number of likely N-dealkylation sites (tertiary alicyclic amines) is 1. The van der Waals surface area contributed by atoms with Gasteiger partial charge in [0.1, 0.15) is 11.8 Å². The summed E-state index contributed by atoms with van der Waals surface area (Å²) in [5, 5.41) is 14.8. The molecule has 4 rings (SSSR count). The second-order valence-corrected chi connectivity index (χ2v) is 8.86. The molecule has 4 nitrogen and oxygen atoms in total. The van der Waals surface area contributed by atoms with Gasteiger partial charge in [-0.2, -0.15) is 13.2 Å². The molecule has 1 saturated heterocycles. The maximum absolute atomic E-state index is 15.6. The van der Waals surface area contributed by atoms with E-state index >= 15 is 4.39 Å². The van der Waals surface area contributed by atoms with Gasteiger partial charge in [-0.05, 0) is 36.1 Å². The molecule has 2 unspecified atom stereocenters. The van der Waals surface area contributed by atoms with Gasteiger partial charge in [0.05, 0.1) is 5.56 Å². The zero-order chi connectivity index (χ0) is 22.9. The van der Waals surface area contributed by atoms with E-state index in [1.807, 2.05) is 18.2 Å². The van der Waals surface area contributed by atoms with Crippen LogP contribution < -0.4 is 10.4 Å². The normalized spacial score (nSPS) is 27.9. The van der Waals surface area contributed by atoms with Gasteiger partial charge in [0, 0.05) is 43.9 Å². The van der Waals surface area contributed by atoms with Crippen LogP contribution in [0.4, 0.5) is 22.4 Å². The molecule has 1 aliphatic heterocycles. The Morgan fingerprint density at radius 3 is 2.44 bits per heavy atom. The van der Waals surface area contributed by atoms with Gasteiger partial charge in [-0.25, -0.2) is 4.39 Å². The predicted octanol–water partition coefficient (Wildman–Crippen LogP) is 3.91. The number of nitrogens with zero attached hydrogens (tertiary/aromatic N) is 1. The third-order valence-electron chi connectivity index (χ3n) is 6.53. The van der Waals surface area contributed by atoms with Crippen molar-refractivity contribution < 1.29 is 27.5 Å². The number of hydrogen-bond donors (Lipinski definition) is 1. The zero-order valence-corrected chi connectivity index (χ0v) is 17.4. The summed E-state index contributed by atoms with van der Waals surface area (Å²) in [7, 11) is 0. The van der Waals surface area contributed by atoms with E-state index < -0.39 is 29.5 Å². The largest absolute Gasteiger partial charge is 0.530 e. The molecule has 1 aliphatic carbocycles. The number of nitrogens with one attached hydrogen (secondary N) is 1. The van der Waals surface area contributed by atoms with E-state index in [0.717, 1.165) is 23.5 Å². The SMILES string of the molecule is O=C([O-])N1CCC(F)(CN[C@@H]2C[C@H]2c2ccccc2)CC1Cc1ccc(C(F)(F)F)cc1. The summed E-state index contributed by atoms with van der Waals surface area (Å²) in [6.07, 6.45) is -4.74. The number of rotatable bonds is 6. The molecule has 172 valence electrons. The summed E-state index contributed by atoms with van der Waals surface area (Å²) in [5.74, 6) is 0.353. The number of carbonyl (C=O) groups excluding carboxylic acids is 1. The van der Waals surface area contributed by atoms with Crippen molar-refractivity contribution in [2.45, 2.75) is 55.5 Å². The molecule has 2 aromatic rings. The molecule has 1 heterocycles. The Morgan fingerprint density at radius 1 is 1.12 bits per heavy atom. The van der Waals surface area contributed by atoms with Crippen LogP contribution in [-0.4, -0.2) is 41.8 Å². The number of carbonyl (C=O) groups is 1. The molecule has 1 amide bonds. The number of amides is 1. The number of benzene rings is 2. The molecule has 4 atom stereocenters. The van der Waals surface area contributed by atoms with Crippen molar-refractivity contribution in [3.05, 3.63) is 71.3 Å². The maximum Gasteiger partial charge on any atom is 0.416 e. The summed E-state index contributed by atoms with van der Waals surface area (Å²) in [5.41, 5.74) is -0.627. The third kappa shape index (κ3) is 5.23. The summed E-state index contributed by atoms with van der Waals surface area (Å²) in [6.45, 7) is 0.115. The molecule has 0 radical (unpaired) electrons. The Kier molecular flexibility index (Phi) is 6.16. The summed E-state index contributed by atoms with van der Waals surface area (Å²) >= 11 is 0. The van der Waals surface area contributed by atoms with Crippen LogP contribution in [0.3, 0.4) is 0 Å². The molecule has 2 aliphatic rings. The lowest BCUT2D eigenvalue weighted by molar-refractivity contribution is -0.270. The van der Waals surface area contributed by atoms with Gasteiger partial charge in [0.15, 0.2) is 0 Å². The van der Waals surface area contributed by atoms with Crippen molar-refractivity contribution in [2.75, 3.05) is 13.1 Å². The Morgan fingerprint density at radius 2 is 1.81 bits per heavy atom. The minimum absolute atomic E-state index is 0.00139. The number of carboxylic acid groups (broad SMARTS) is 1. The van der Waals surface area contributed by atoms with E-state index in [4.69, 9.17) is 0 Å². The van der Waals surface area contributed by atoms with Crippen LogP contribution in [0.15, 0.2) is 54.6 Å². The Balaban J connectivity index is 1.38. The number of piperidine rings is 1. The molecule has 8 heteroatoms. The van der Waals surface area contributed by atoms with Gasteiger partial charge >= 0.3 is 6.18 Å². The van der Waals surface area contributed by atoms with Crippen LogP contribution in [0.1, 0.15) is 41.9 Å². The van der Waals surface area contributed by atoms with Crippen molar-refractivity contribution >= 4 is 6.09 Å². The van der Waals surface area contributed by atoms with Crippen molar-refractivity contribution in [1.82, 2.24) is 10.2 Å². The average molecular weight is 449 g/mol.